The monoisotopic (exact) mass is 284 g/mol. The van der Waals surface area contributed by atoms with Gasteiger partial charge < -0.3 is 15.4 Å². The quantitative estimate of drug-likeness (QED) is 0.801. The summed E-state index contributed by atoms with van der Waals surface area (Å²) in [6, 6.07) is 9.54. The smallest absolute Gasteiger partial charge is 0.336 e. The fraction of sp³-hybridized carbons (Fsp3) is 0.250. The van der Waals surface area contributed by atoms with Crippen LogP contribution in [0.25, 0.3) is 0 Å². The molecule has 2 aliphatic rings. The number of esters is 1. The van der Waals surface area contributed by atoms with Crippen molar-refractivity contribution in [3.63, 3.8) is 0 Å². The highest BCUT2D eigenvalue weighted by atomic mass is 16.5. The summed E-state index contributed by atoms with van der Waals surface area (Å²) in [5, 5.41) is 5.95. The molecule has 1 unspecified atom stereocenters. The van der Waals surface area contributed by atoms with Gasteiger partial charge in [-0.25, -0.2) is 4.79 Å². The van der Waals surface area contributed by atoms with Crippen LogP contribution in [0.5, 0.6) is 0 Å². The van der Waals surface area contributed by atoms with E-state index in [0.717, 1.165) is 17.0 Å². The Balaban J connectivity index is 2.17. The van der Waals surface area contributed by atoms with Crippen molar-refractivity contribution < 1.29 is 14.3 Å². The van der Waals surface area contributed by atoms with Gasteiger partial charge >= 0.3 is 5.97 Å². The molecule has 2 aliphatic heterocycles. The number of carbonyl (C=O) groups excluding carboxylic acids is 2. The van der Waals surface area contributed by atoms with E-state index in [0.29, 0.717) is 17.7 Å². The van der Waals surface area contributed by atoms with E-state index in [-0.39, 0.29) is 5.91 Å². The number of dihydropyridines is 1. The number of carbonyl (C=O) groups is 2. The summed E-state index contributed by atoms with van der Waals surface area (Å²) in [7, 11) is 1.35. The van der Waals surface area contributed by atoms with Crippen LogP contribution >= 0.6 is 0 Å². The van der Waals surface area contributed by atoms with Crippen LogP contribution in [-0.2, 0) is 14.3 Å². The Labute approximate surface area is 122 Å². The van der Waals surface area contributed by atoms with Crippen LogP contribution in [-0.4, -0.2) is 25.5 Å². The normalized spacial score (nSPS) is 20.9. The number of amides is 1. The molecule has 1 aromatic rings. The number of hydrogen-bond acceptors (Lipinski definition) is 4. The van der Waals surface area contributed by atoms with Crippen molar-refractivity contribution in [2.45, 2.75) is 12.8 Å². The highest BCUT2D eigenvalue weighted by Gasteiger charge is 2.40. The molecule has 5 nitrogen and oxygen atoms in total. The van der Waals surface area contributed by atoms with Crippen LogP contribution in [0.15, 0.2) is 52.9 Å². The molecule has 0 fully saturated rings. The molecule has 0 bridgehead atoms. The zero-order chi connectivity index (χ0) is 15.0. The number of rotatable bonds is 2. The van der Waals surface area contributed by atoms with E-state index >= 15 is 0 Å². The first kappa shape index (κ1) is 13.4. The third-order valence-electron chi connectivity index (χ3n) is 3.85. The van der Waals surface area contributed by atoms with Crippen molar-refractivity contribution in [2.24, 2.45) is 0 Å². The molecule has 2 N–H and O–H groups in total. The van der Waals surface area contributed by atoms with Crippen LogP contribution in [0.3, 0.4) is 0 Å². The number of methoxy groups -OCH3 is 1. The largest absolute Gasteiger partial charge is 0.466 e. The maximum atomic E-state index is 12.2. The predicted molar refractivity (Wildman–Crippen MR) is 77.1 cm³/mol. The lowest BCUT2D eigenvalue weighted by molar-refractivity contribution is -0.136. The maximum Gasteiger partial charge on any atom is 0.336 e. The summed E-state index contributed by atoms with van der Waals surface area (Å²) in [6.45, 7) is 2.29. The Morgan fingerprint density at radius 2 is 2.00 bits per heavy atom. The van der Waals surface area contributed by atoms with Crippen LogP contribution in [0, 0.1) is 0 Å². The zero-order valence-electron chi connectivity index (χ0n) is 11.9. The minimum atomic E-state index is -0.417. The lowest BCUT2D eigenvalue weighted by Gasteiger charge is -2.28. The topological polar surface area (TPSA) is 67.4 Å². The van der Waals surface area contributed by atoms with Crippen LogP contribution in [0.2, 0.25) is 0 Å². The summed E-state index contributed by atoms with van der Waals surface area (Å²) in [5.41, 5.74) is 3.56. The fourth-order valence-corrected chi connectivity index (χ4v) is 2.93. The summed E-state index contributed by atoms with van der Waals surface area (Å²) in [5.74, 6) is -0.947. The Morgan fingerprint density at radius 3 is 2.67 bits per heavy atom. The number of nitrogens with one attached hydrogen (secondary N) is 2. The van der Waals surface area contributed by atoms with Gasteiger partial charge in [-0.3, -0.25) is 4.79 Å². The van der Waals surface area contributed by atoms with E-state index in [9.17, 15) is 9.59 Å². The minimum Gasteiger partial charge on any atom is -0.466 e. The Morgan fingerprint density at radius 1 is 1.29 bits per heavy atom. The molecule has 21 heavy (non-hydrogen) atoms. The highest BCUT2D eigenvalue weighted by Crippen LogP contribution is 2.39. The van der Waals surface area contributed by atoms with Crippen LogP contribution < -0.4 is 10.6 Å². The van der Waals surface area contributed by atoms with Gasteiger partial charge in [0, 0.05) is 11.4 Å². The van der Waals surface area contributed by atoms with Crippen LogP contribution in [0.4, 0.5) is 0 Å². The molecule has 1 atom stereocenters. The number of allylic oxidation sites excluding steroid dienone is 1. The van der Waals surface area contributed by atoms with E-state index in [1.807, 2.05) is 37.3 Å². The second kappa shape index (κ2) is 5.09. The molecular weight excluding hydrogens is 268 g/mol. The third-order valence-corrected chi connectivity index (χ3v) is 3.85. The molecule has 1 amide bonds. The van der Waals surface area contributed by atoms with Crippen LogP contribution in [0.1, 0.15) is 18.4 Å². The average Bonchev–Trinajstić information content (AvgIpc) is 2.87. The first-order chi connectivity index (χ1) is 10.1. The molecule has 108 valence electrons. The van der Waals surface area contributed by atoms with Gasteiger partial charge in [0.15, 0.2) is 0 Å². The number of hydrogen-bond donors (Lipinski definition) is 2. The van der Waals surface area contributed by atoms with E-state index < -0.39 is 11.9 Å². The second-order valence-electron chi connectivity index (χ2n) is 5.07. The van der Waals surface area contributed by atoms with Gasteiger partial charge in [0.1, 0.15) is 0 Å². The minimum absolute atomic E-state index is 0.139. The van der Waals surface area contributed by atoms with Gasteiger partial charge in [-0.1, -0.05) is 30.3 Å². The molecule has 2 heterocycles. The van der Waals surface area contributed by atoms with Crippen molar-refractivity contribution in [3.8, 4) is 0 Å². The van der Waals surface area contributed by atoms with Gasteiger partial charge in [0.25, 0.3) is 0 Å². The van der Waals surface area contributed by atoms with E-state index in [1.54, 1.807) is 0 Å². The lowest BCUT2D eigenvalue weighted by Crippen LogP contribution is -2.30. The Bertz CT molecular complexity index is 674. The van der Waals surface area contributed by atoms with Crippen molar-refractivity contribution >= 4 is 11.9 Å². The molecule has 1 aromatic carbocycles. The molecule has 3 rings (SSSR count). The first-order valence-electron chi connectivity index (χ1n) is 6.75. The summed E-state index contributed by atoms with van der Waals surface area (Å²) < 4.78 is 4.90. The van der Waals surface area contributed by atoms with Gasteiger partial charge in [-0.05, 0) is 12.5 Å². The maximum absolute atomic E-state index is 12.2. The first-order valence-corrected chi connectivity index (χ1v) is 6.75. The van der Waals surface area contributed by atoms with Crippen molar-refractivity contribution in [1.29, 1.82) is 0 Å². The van der Waals surface area contributed by atoms with Crippen molar-refractivity contribution in [1.82, 2.24) is 10.6 Å². The summed E-state index contributed by atoms with van der Waals surface area (Å²) in [6.07, 6.45) is 0. The van der Waals surface area contributed by atoms with Crippen molar-refractivity contribution in [2.75, 3.05) is 13.7 Å². The Kier molecular flexibility index (Phi) is 3.25. The fourth-order valence-electron chi connectivity index (χ4n) is 2.93. The van der Waals surface area contributed by atoms with Gasteiger partial charge in [0.2, 0.25) is 5.91 Å². The van der Waals surface area contributed by atoms with Gasteiger partial charge in [-0.2, -0.15) is 0 Å². The van der Waals surface area contributed by atoms with Crippen molar-refractivity contribution in [3.05, 3.63) is 58.4 Å². The second-order valence-corrected chi connectivity index (χ2v) is 5.07. The van der Waals surface area contributed by atoms with E-state index in [4.69, 9.17) is 4.74 Å². The third kappa shape index (κ3) is 2.11. The summed E-state index contributed by atoms with van der Waals surface area (Å²) >= 11 is 0. The molecule has 5 heteroatoms. The highest BCUT2D eigenvalue weighted by molar-refractivity contribution is 6.03. The van der Waals surface area contributed by atoms with E-state index in [2.05, 4.69) is 10.6 Å². The van der Waals surface area contributed by atoms with Gasteiger partial charge in [-0.15, -0.1) is 0 Å². The lowest BCUT2D eigenvalue weighted by atomic mass is 9.81. The molecule has 0 saturated heterocycles. The molecule has 0 aromatic heterocycles. The van der Waals surface area contributed by atoms with Gasteiger partial charge in [0.05, 0.1) is 30.7 Å². The molecule has 0 aliphatic carbocycles. The standard InChI is InChI=1S/C16H16N2O3/c1-9-12(16(20)21-2)13(10-6-4-3-5-7-10)14-11(18-9)8-17-15(14)19/h3-7,13,18H,8H2,1-2H3,(H,17,19). The average molecular weight is 284 g/mol. The number of benzene rings is 1. The number of ether oxygens (including phenoxy) is 1. The predicted octanol–water partition coefficient (Wildman–Crippen LogP) is 1.20. The Hall–Kier alpha value is -2.56. The van der Waals surface area contributed by atoms with E-state index in [1.165, 1.54) is 7.11 Å². The SMILES string of the molecule is COC(=O)C1=C(C)NC2=C(C(=O)NC2)C1c1ccccc1. The zero-order valence-corrected chi connectivity index (χ0v) is 11.9. The molecular formula is C16H16N2O3. The molecule has 0 spiro atoms. The molecule has 0 saturated carbocycles. The summed E-state index contributed by atoms with van der Waals surface area (Å²) in [4.78, 5) is 24.4. The molecule has 0 radical (unpaired) electrons.